The Balaban J connectivity index is 2.89. The van der Waals surface area contributed by atoms with Crippen LogP contribution in [-0.2, 0) is 36.7 Å². The van der Waals surface area contributed by atoms with Crippen molar-refractivity contribution < 1.29 is 48.0 Å². The lowest BCUT2D eigenvalue weighted by Gasteiger charge is -2.45. The summed E-state index contributed by atoms with van der Waals surface area (Å²) in [4.78, 5) is 61.4. The van der Waals surface area contributed by atoms with E-state index >= 15 is 0 Å². The topological polar surface area (TPSA) is 174 Å². The molecule has 2 rings (SSSR count). The molecule has 0 aliphatic heterocycles. The number of alkyl carbamates (subject to hydrolysis) is 2. The van der Waals surface area contributed by atoms with Crippen molar-refractivity contribution in [3.05, 3.63) is 59.7 Å². The predicted octanol–water partition coefficient (Wildman–Crippen LogP) is 8.14. The summed E-state index contributed by atoms with van der Waals surface area (Å²) in [5.41, 5.74) is -3.92. The molecule has 0 saturated carbocycles. The number of rotatable bonds is 12. The van der Waals surface area contributed by atoms with Crippen molar-refractivity contribution in [3.63, 3.8) is 0 Å². The second kappa shape index (κ2) is 19.2. The molecular weight excluding hydrogens is 720 g/mol. The summed E-state index contributed by atoms with van der Waals surface area (Å²) in [6.07, 6.45) is -2.38. The van der Waals surface area contributed by atoms with Crippen molar-refractivity contribution in [1.29, 1.82) is 0 Å². The standard InChI is InChI=1S/C42H64N4O10/c1-15-53-33(48)42(38(2,3)4,45-36(50)55-40(8,9)10)25-30(24-28-16-20-31(47)21-17-28)27-46(37(51)56-41(11,12)13)34(44-35(49)54-39(5,6)7)43-26-29-18-22-32(52-14)23-19-29/h16-23,30,47H,15,24-27H2,1-14H3,(H,45,50)(H,43,44,49)/t30-,42+/m0/s1. The number of ether oxygens (including phenoxy) is 5. The van der Waals surface area contributed by atoms with Crippen LogP contribution in [0.15, 0.2) is 53.5 Å². The molecule has 2 aromatic rings. The molecule has 0 aromatic heterocycles. The number of nitrogens with zero attached hydrogens (tertiary/aromatic N) is 2. The first-order valence-corrected chi connectivity index (χ1v) is 18.8. The van der Waals surface area contributed by atoms with Crippen molar-refractivity contribution in [2.24, 2.45) is 16.3 Å². The van der Waals surface area contributed by atoms with Crippen LogP contribution in [-0.4, -0.2) is 82.8 Å². The van der Waals surface area contributed by atoms with E-state index < -0.39 is 57.9 Å². The molecule has 0 bridgehead atoms. The number of amides is 3. The number of phenols is 1. The van der Waals surface area contributed by atoms with Gasteiger partial charge in [0.25, 0.3) is 0 Å². The molecule has 3 amide bonds. The van der Waals surface area contributed by atoms with E-state index in [0.717, 1.165) is 11.1 Å². The number of guanidine groups is 1. The molecule has 14 heteroatoms. The molecule has 0 aliphatic rings. The molecule has 0 fully saturated rings. The van der Waals surface area contributed by atoms with Gasteiger partial charge >= 0.3 is 24.2 Å². The second-order valence-corrected chi connectivity index (χ2v) is 17.6. The van der Waals surface area contributed by atoms with Crippen LogP contribution >= 0.6 is 0 Å². The van der Waals surface area contributed by atoms with Crippen LogP contribution in [0.25, 0.3) is 0 Å². The van der Waals surface area contributed by atoms with E-state index in [9.17, 15) is 24.3 Å². The molecule has 0 radical (unpaired) electrons. The highest BCUT2D eigenvalue weighted by molar-refractivity contribution is 6.01. The fraction of sp³-hybridized carbons (Fsp3) is 0.595. The number of methoxy groups -OCH3 is 1. The lowest BCUT2D eigenvalue weighted by atomic mass is 9.68. The minimum Gasteiger partial charge on any atom is -0.508 e. The molecule has 0 unspecified atom stereocenters. The summed E-state index contributed by atoms with van der Waals surface area (Å²) in [6, 6.07) is 13.7. The van der Waals surface area contributed by atoms with Gasteiger partial charge in [0, 0.05) is 6.54 Å². The summed E-state index contributed by atoms with van der Waals surface area (Å²) >= 11 is 0. The van der Waals surface area contributed by atoms with Gasteiger partial charge in [0.2, 0.25) is 5.96 Å². The van der Waals surface area contributed by atoms with Crippen LogP contribution in [0.3, 0.4) is 0 Å². The Labute approximate surface area is 332 Å². The number of nitrogens with one attached hydrogen (secondary N) is 2. The molecule has 0 saturated heterocycles. The number of phenolic OH excluding ortho intramolecular Hbond substituents is 1. The Morgan fingerprint density at radius 3 is 1.75 bits per heavy atom. The maximum Gasteiger partial charge on any atom is 0.417 e. The summed E-state index contributed by atoms with van der Waals surface area (Å²) < 4.78 is 28.1. The smallest absolute Gasteiger partial charge is 0.417 e. The number of aromatic hydroxyl groups is 1. The number of hydrogen-bond donors (Lipinski definition) is 3. The van der Waals surface area contributed by atoms with Gasteiger partial charge in [-0.25, -0.2) is 29.1 Å². The number of benzene rings is 2. The Hall–Kier alpha value is -5.01. The molecule has 0 heterocycles. The average molecular weight is 785 g/mol. The highest BCUT2D eigenvalue weighted by Crippen LogP contribution is 2.39. The van der Waals surface area contributed by atoms with E-state index in [1.807, 2.05) is 0 Å². The molecule has 56 heavy (non-hydrogen) atoms. The van der Waals surface area contributed by atoms with E-state index in [-0.39, 0.29) is 44.2 Å². The lowest BCUT2D eigenvalue weighted by molar-refractivity contribution is -0.158. The zero-order valence-corrected chi connectivity index (χ0v) is 35.7. The fourth-order valence-corrected chi connectivity index (χ4v) is 5.62. The van der Waals surface area contributed by atoms with Crippen LogP contribution in [0.5, 0.6) is 11.5 Å². The minimum absolute atomic E-state index is 0.0291. The zero-order valence-electron chi connectivity index (χ0n) is 35.7. The monoisotopic (exact) mass is 784 g/mol. The number of aliphatic imine (C=N–C) groups is 1. The Morgan fingerprint density at radius 1 is 0.750 bits per heavy atom. The Bertz CT molecular complexity index is 1650. The van der Waals surface area contributed by atoms with Crippen molar-refractivity contribution in [2.45, 2.75) is 132 Å². The average Bonchev–Trinajstić information content (AvgIpc) is 3.03. The van der Waals surface area contributed by atoms with Gasteiger partial charge in [0.05, 0.1) is 20.3 Å². The molecule has 3 N–H and O–H groups in total. The predicted molar refractivity (Wildman–Crippen MR) is 215 cm³/mol. The molecule has 312 valence electrons. The van der Waals surface area contributed by atoms with Gasteiger partial charge in [0.15, 0.2) is 0 Å². The molecule has 2 aromatic carbocycles. The van der Waals surface area contributed by atoms with E-state index in [1.54, 1.807) is 134 Å². The van der Waals surface area contributed by atoms with Crippen LogP contribution < -0.4 is 15.4 Å². The largest absolute Gasteiger partial charge is 0.508 e. The van der Waals surface area contributed by atoms with Crippen molar-refractivity contribution in [3.8, 4) is 11.5 Å². The molecular formula is C42H64N4O10. The number of esters is 1. The highest BCUT2D eigenvalue weighted by Gasteiger charge is 2.53. The lowest BCUT2D eigenvalue weighted by Crippen LogP contribution is -2.65. The van der Waals surface area contributed by atoms with Gasteiger partial charge in [-0.1, -0.05) is 45.0 Å². The summed E-state index contributed by atoms with van der Waals surface area (Å²) in [7, 11) is 1.56. The molecule has 2 atom stereocenters. The van der Waals surface area contributed by atoms with Crippen molar-refractivity contribution >= 4 is 30.2 Å². The first-order valence-electron chi connectivity index (χ1n) is 18.8. The number of carbonyl (C=O) groups is 4. The third-order valence-corrected chi connectivity index (χ3v) is 8.17. The molecule has 14 nitrogen and oxygen atoms in total. The third kappa shape index (κ3) is 15.6. The quantitative estimate of drug-likeness (QED) is 0.0825. The van der Waals surface area contributed by atoms with Gasteiger partial charge in [-0.2, -0.15) is 0 Å². The summed E-state index contributed by atoms with van der Waals surface area (Å²) in [5.74, 6) is -0.841. The zero-order chi connectivity index (χ0) is 42.7. The van der Waals surface area contributed by atoms with Crippen molar-refractivity contribution in [1.82, 2.24) is 15.5 Å². The fourth-order valence-electron chi connectivity index (χ4n) is 5.62. The maximum absolute atomic E-state index is 14.3. The number of carbonyl (C=O) groups excluding carboxylic acids is 4. The first kappa shape index (κ1) is 47.1. The Morgan fingerprint density at radius 2 is 1.27 bits per heavy atom. The summed E-state index contributed by atoms with van der Waals surface area (Å²) in [6.45, 7) is 22.4. The normalized spacial score (nSPS) is 14.1. The van der Waals surface area contributed by atoms with Gasteiger partial charge in [-0.15, -0.1) is 0 Å². The summed E-state index contributed by atoms with van der Waals surface area (Å²) in [5, 5.41) is 15.6. The van der Waals surface area contributed by atoms with Crippen molar-refractivity contribution in [2.75, 3.05) is 20.3 Å². The van der Waals surface area contributed by atoms with Crippen LogP contribution in [0.2, 0.25) is 0 Å². The van der Waals surface area contributed by atoms with E-state index in [2.05, 4.69) is 10.6 Å². The highest BCUT2D eigenvalue weighted by atomic mass is 16.6. The Kier molecular flexibility index (Phi) is 16.2. The van der Waals surface area contributed by atoms with Crippen LogP contribution in [0, 0.1) is 11.3 Å². The van der Waals surface area contributed by atoms with Gasteiger partial charge in [-0.05, 0) is 129 Å². The first-order chi connectivity index (χ1) is 25.7. The molecule has 0 aliphatic carbocycles. The maximum atomic E-state index is 14.3. The second-order valence-electron chi connectivity index (χ2n) is 17.6. The minimum atomic E-state index is -1.70. The number of hydrogen-bond acceptors (Lipinski definition) is 11. The SMILES string of the molecule is CCOC(=O)[C@@](C[C@H](Cc1ccc(O)cc1)CN(C(=O)OC(C)(C)C)C(=NCc1ccc(OC)cc1)NC(=O)OC(C)(C)C)(NC(=O)OC(C)(C)C)C(C)(C)C. The van der Waals surface area contributed by atoms with Gasteiger partial charge in [-0.3, -0.25) is 5.32 Å². The van der Waals surface area contributed by atoms with Gasteiger partial charge in [0.1, 0.15) is 33.8 Å². The van der Waals surface area contributed by atoms with Gasteiger partial charge < -0.3 is 34.1 Å². The molecule has 0 spiro atoms. The van der Waals surface area contributed by atoms with E-state index in [4.69, 9.17) is 28.7 Å². The van der Waals surface area contributed by atoms with Crippen LogP contribution in [0.4, 0.5) is 14.4 Å². The van der Waals surface area contributed by atoms with E-state index in [0.29, 0.717) is 5.75 Å². The van der Waals surface area contributed by atoms with E-state index in [1.165, 1.54) is 17.0 Å². The third-order valence-electron chi connectivity index (χ3n) is 8.17. The van der Waals surface area contributed by atoms with Crippen LogP contribution in [0.1, 0.15) is 108 Å².